The largest absolute Gasteiger partial charge is 0.464 e. The van der Waals surface area contributed by atoms with Crippen LogP contribution >= 0.6 is 0 Å². The molecule has 0 aliphatic carbocycles. The van der Waals surface area contributed by atoms with E-state index in [9.17, 15) is 9.59 Å². The summed E-state index contributed by atoms with van der Waals surface area (Å²) >= 11 is 0. The molecule has 17 heavy (non-hydrogen) atoms. The summed E-state index contributed by atoms with van der Waals surface area (Å²) in [5, 5.41) is 3.73. The maximum Gasteiger partial charge on any atom is 0.354 e. The zero-order valence-corrected chi connectivity index (χ0v) is 9.77. The summed E-state index contributed by atoms with van der Waals surface area (Å²) in [6, 6.07) is 8.63. The highest BCUT2D eigenvalue weighted by molar-refractivity contribution is 6.36. The van der Waals surface area contributed by atoms with E-state index in [1.54, 1.807) is 31.2 Å². The number of nitrogens with zero attached hydrogens (tertiary/aromatic N) is 1. The highest BCUT2D eigenvalue weighted by atomic mass is 16.5. The van der Waals surface area contributed by atoms with Gasteiger partial charge in [-0.05, 0) is 18.6 Å². The van der Waals surface area contributed by atoms with Crippen molar-refractivity contribution in [1.29, 1.82) is 0 Å². The second kappa shape index (κ2) is 6.42. The van der Waals surface area contributed by atoms with Gasteiger partial charge in [-0.25, -0.2) is 10.2 Å². The Morgan fingerprint density at radius 3 is 2.47 bits per heavy atom. The van der Waals surface area contributed by atoms with Gasteiger partial charge in [-0.2, -0.15) is 5.10 Å². The van der Waals surface area contributed by atoms with Crippen molar-refractivity contribution in [3.63, 3.8) is 0 Å². The molecule has 0 atom stereocenters. The molecule has 1 aromatic rings. The Bertz CT molecular complexity index is 427. The minimum Gasteiger partial charge on any atom is -0.464 e. The lowest BCUT2D eigenvalue weighted by Crippen LogP contribution is -2.23. The van der Waals surface area contributed by atoms with Crippen molar-refractivity contribution in [2.24, 2.45) is 5.10 Å². The van der Waals surface area contributed by atoms with Gasteiger partial charge in [0.1, 0.15) is 5.71 Å². The Morgan fingerprint density at radius 2 is 1.94 bits per heavy atom. The zero-order valence-electron chi connectivity index (χ0n) is 9.77. The van der Waals surface area contributed by atoms with Crippen molar-refractivity contribution in [2.45, 2.75) is 13.3 Å². The average molecular weight is 234 g/mol. The number of nitrogens with one attached hydrogen (secondary N) is 1. The molecule has 5 nitrogen and oxygen atoms in total. The fraction of sp³-hybridized carbons (Fsp3) is 0.250. The third kappa shape index (κ3) is 3.71. The highest BCUT2D eigenvalue weighted by Gasteiger charge is 2.10. The number of benzene rings is 1. The summed E-state index contributed by atoms with van der Waals surface area (Å²) in [6.07, 6.45) is 0.391. The fourth-order valence-corrected chi connectivity index (χ4v) is 1.16. The van der Waals surface area contributed by atoms with Crippen LogP contribution in [0.3, 0.4) is 0 Å². The molecule has 1 N–H and O–H groups in total. The van der Waals surface area contributed by atoms with Crippen molar-refractivity contribution in [3.05, 3.63) is 35.9 Å². The number of methoxy groups -OCH3 is 1. The number of ether oxygens (including phenoxy) is 1. The van der Waals surface area contributed by atoms with Gasteiger partial charge in [-0.3, -0.25) is 4.79 Å². The van der Waals surface area contributed by atoms with Gasteiger partial charge in [0, 0.05) is 5.56 Å². The third-order valence-corrected chi connectivity index (χ3v) is 2.08. The molecular weight excluding hydrogens is 220 g/mol. The normalized spacial score (nSPS) is 10.8. The van der Waals surface area contributed by atoms with Gasteiger partial charge in [0.05, 0.1) is 7.11 Å². The molecule has 5 heteroatoms. The molecule has 0 fully saturated rings. The molecule has 0 saturated carbocycles. The van der Waals surface area contributed by atoms with Gasteiger partial charge >= 0.3 is 5.97 Å². The van der Waals surface area contributed by atoms with Crippen LogP contribution in [0.1, 0.15) is 23.7 Å². The number of carbonyl (C=O) groups excluding carboxylic acids is 2. The van der Waals surface area contributed by atoms with Gasteiger partial charge in [0.25, 0.3) is 5.91 Å². The lowest BCUT2D eigenvalue weighted by molar-refractivity contribution is -0.132. The Kier molecular flexibility index (Phi) is 4.87. The van der Waals surface area contributed by atoms with E-state index < -0.39 is 5.97 Å². The van der Waals surface area contributed by atoms with E-state index in [0.717, 1.165) is 0 Å². The van der Waals surface area contributed by atoms with Crippen LogP contribution in [0.25, 0.3) is 0 Å². The zero-order chi connectivity index (χ0) is 12.7. The second-order valence-corrected chi connectivity index (χ2v) is 3.21. The number of amides is 1. The van der Waals surface area contributed by atoms with Gasteiger partial charge < -0.3 is 4.74 Å². The molecule has 1 aromatic carbocycles. The van der Waals surface area contributed by atoms with Gasteiger partial charge in [-0.1, -0.05) is 25.1 Å². The van der Waals surface area contributed by atoms with Crippen LogP contribution in [0.15, 0.2) is 35.4 Å². The summed E-state index contributed by atoms with van der Waals surface area (Å²) in [5.74, 6) is -0.902. The summed E-state index contributed by atoms with van der Waals surface area (Å²) in [6.45, 7) is 1.75. The molecule has 0 radical (unpaired) electrons. The average Bonchev–Trinajstić information content (AvgIpc) is 2.39. The van der Waals surface area contributed by atoms with E-state index in [2.05, 4.69) is 15.3 Å². The first-order chi connectivity index (χ1) is 8.19. The van der Waals surface area contributed by atoms with Crippen molar-refractivity contribution in [1.82, 2.24) is 5.43 Å². The molecule has 0 aliphatic heterocycles. The van der Waals surface area contributed by atoms with E-state index in [-0.39, 0.29) is 11.6 Å². The van der Waals surface area contributed by atoms with Gasteiger partial charge in [-0.15, -0.1) is 0 Å². The van der Waals surface area contributed by atoms with Crippen LogP contribution < -0.4 is 5.43 Å². The van der Waals surface area contributed by atoms with Crippen LogP contribution in [0.2, 0.25) is 0 Å². The van der Waals surface area contributed by atoms with Crippen molar-refractivity contribution in [2.75, 3.05) is 7.11 Å². The summed E-state index contributed by atoms with van der Waals surface area (Å²) in [5.41, 5.74) is 2.97. The van der Waals surface area contributed by atoms with Crippen LogP contribution in [-0.4, -0.2) is 24.7 Å². The molecule has 0 saturated heterocycles. The lowest BCUT2D eigenvalue weighted by atomic mass is 10.2. The first kappa shape index (κ1) is 12.9. The van der Waals surface area contributed by atoms with E-state index in [0.29, 0.717) is 12.0 Å². The standard InChI is InChI=1S/C12H14N2O3/c1-3-10(12(16)17-2)13-14-11(15)9-7-5-4-6-8-9/h4-8H,3H2,1-2H3,(H,14,15)/b13-10+. The van der Waals surface area contributed by atoms with E-state index in [1.807, 2.05) is 6.07 Å². The van der Waals surface area contributed by atoms with Crippen molar-refractivity contribution in [3.8, 4) is 0 Å². The fourth-order valence-electron chi connectivity index (χ4n) is 1.16. The van der Waals surface area contributed by atoms with E-state index in [1.165, 1.54) is 7.11 Å². The third-order valence-electron chi connectivity index (χ3n) is 2.08. The number of rotatable bonds is 4. The van der Waals surface area contributed by atoms with Crippen LogP contribution in [0.4, 0.5) is 0 Å². The quantitative estimate of drug-likeness (QED) is 0.486. The van der Waals surface area contributed by atoms with Crippen LogP contribution in [0, 0.1) is 0 Å². The minimum atomic E-state index is -0.541. The molecule has 0 aromatic heterocycles. The number of hydrogen-bond donors (Lipinski definition) is 1. The summed E-state index contributed by atoms with van der Waals surface area (Å²) in [7, 11) is 1.27. The molecule has 0 unspecified atom stereocenters. The number of carbonyl (C=O) groups is 2. The second-order valence-electron chi connectivity index (χ2n) is 3.21. The monoisotopic (exact) mass is 234 g/mol. The number of hydrazone groups is 1. The maximum atomic E-state index is 11.6. The lowest BCUT2D eigenvalue weighted by Gasteiger charge is -2.02. The van der Waals surface area contributed by atoms with Gasteiger partial charge in [0.15, 0.2) is 0 Å². The SMILES string of the molecule is CC/C(=N\NC(=O)c1ccccc1)C(=O)OC. The number of esters is 1. The molecule has 90 valence electrons. The Hall–Kier alpha value is -2.17. The summed E-state index contributed by atoms with van der Waals surface area (Å²) in [4.78, 5) is 22.8. The van der Waals surface area contributed by atoms with Gasteiger partial charge in [0.2, 0.25) is 0 Å². The number of hydrogen-bond acceptors (Lipinski definition) is 4. The highest BCUT2D eigenvalue weighted by Crippen LogP contribution is 1.98. The van der Waals surface area contributed by atoms with Crippen molar-refractivity contribution >= 4 is 17.6 Å². The minimum absolute atomic E-state index is 0.178. The van der Waals surface area contributed by atoms with Crippen molar-refractivity contribution < 1.29 is 14.3 Å². The smallest absolute Gasteiger partial charge is 0.354 e. The molecular formula is C12H14N2O3. The van der Waals surface area contributed by atoms with E-state index >= 15 is 0 Å². The Balaban J connectivity index is 2.69. The summed E-state index contributed by atoms with van der Waals surface area (Å²) < 4.78 is 4.52. The first-order valence-corrected chi connectivity index (χ1v) is 5.19. The Morgan fingerprint density at radius 1 is 1.29 bits per heavy atom. The maximum absolute atomic E-state index is 11.6. The molecule has 1 amide bonds. The van der Waals surface area contributed by atoms with Crippen LogP contribution in [0.5, 0.6) is 0 Å². The van der Waals surface area contributed by atoms with Crippen LogP contribution in [-0.2, 0) is 9.53 Å². The van der Waals surface area contributed by atoms with E-state index in [4.69, 9.17) is 0 Å². The molecule has 0 aliphatic rings. The first-order valence-electron chi connectivity index (χ1n) is 5.19. The molecule has 0 spiro atoms. The Labute approximate surface area is 99.5 Å². The predicted octanol–water partition coefficient (Wildman–Crippen LogP) is 1.36. The predicted molar refractivity (Wildman–Crippen MR) is 63.7 cm³/mol. The molecule has 1 rings (SSSR count). The molecule has 0 heterocycles. The topological polar surface area (TPSA) is 67.8 Å². The molecule has 0 bridgehead atoms.